The predicted molar refractivity (Wildman–Crippen MR) is 112 cm³/mol. The smallest absolute Gasteiger partial charge is 0.330 e. The lowest BCUT2D eigenvalue weighted by molar-refractivity contribution is -0.0454. The number of nitrogens with two attached hydrogens (primary N) is 1. The number of imidazole rings is 1. The van der Waals surface area contributed by atoms with Crippen molar-refractivity contribution in [1.82, 2.24) is 19.5 Å². The summed E-state index contributed by atoms with van der Waals surface area (Å²) in [5.41, 5.74) is 6.28. The standard InChI is InChI=1S/C17H20FN5O9P2/c1-2-7-14-12(24)8(29-7)3-27-33(25)31-13-9(4-28-34(26)32-14)30-17(10(13)18)23-6-22-11-15(19)20-5-21-16(11)23/h1,5-10,12-14,17,24-26H,3-4H2,(H2,19,20,21)/t7-,8+,9+,10+,12+,13+,14-,17+,33?,34?/m0/s1. The van der Waals surface area contributed by atoms with Crippen LogP contribution in [0, 0.1) is 12.3 Å². The molecule has 0 saturated carbocycles. The van der Waals surface area contributed by atoms with E-state index in [1.165, 1.54) is 17.2 Å². The van der Waals surface area contributed by atoms with Crippen LogP contribution in [0.2, 0.25) is 0 Å². The molecule has 3 aliphatic heterocycles. The van der Waals surface area contributed by atoms with E-state index in [1.807, 2.05) is 0 Å². The molecule has 34 heavy (non-hydrogen) atoms. The molecule has 0 amide bonds. The Hall–Kier alpha value is -1.66. The van der Waals surface area contributed by atoms with E-state index >= 15 is 4.39 Å². The van der Waals surface area contributed by atoms with Crippen LogP contribution in [0.15, 0.2) is 12.7 Å². The minimum Gasteiger partial charge on any atom is -0.387 e. The number of anilines is 1. The van der Waals surface area contributed by atoms with E-state index in [2.05, 4.69) is 20.9 Å². The number of nitrogen functional groups attached to an aromatic ring is 1. The Balaban J connectivity index is 1.39. The van der Waals surface area contributed by atoms with Crippen LogP contribution in [0.4, 0.5) is 10.2 Å². The third kappa shape index (κ3) is 4.37. The zero-order valence-corrected chi connectivity index (χ0v) is 19.0. The topological polar surface area (TPSA) is 186 Å². The lowest BCUT2D eigenvalue weighted by Crippen LogP contribution is -2.35. The van der Waals surface area contributed by atoms with Crippen LogP contribution in [-0.2, 0) is 27.6 Å². The van der Waals surface area contributed by atoms with Crippen molar-refractivity contribution in [3.63, 3.8) is 0 Å². The molecule has 5 heterocycles. The fourth-order valence-electron chi connectivity index (χ4n) is 3.90. The van der Waals surface area contributed by atoms with Gasteiger partial charge in [-0.1, -0.05) is 5.92 Å². The molecule has 2 unspecified atom stereocenters. The van der Waals surface area contributed by atoms with Gasteiger partial charge in [0.1, 0.15) is 48.5 Å². The Kier molecular flexibility index (Phi) is 6.91. The molecule has 5 rings (SSSR count). The Morgan fingerprint density at radius 3 is 2.53 bits per heavy atom. The summed E-state index contributed by atoms with van der Waals surface area (Å²) in [4.78, 5) is 32.6. The van der Waals surface area contributed by atoms with Gasteiger partial charge in [0.2, 0.25) is 0 Å². The van der Waals surface area contributed by atoms with Gasteiger partial charge in [0, 0.05) is 0 Å². The average Bonchev–Trinajstić information content (AvgIpc) is 3.47. The van der Waals surface area contributed by atoms with Crippen molar-refractivity contribution in [2.75, 3.05) is 18.9 Å². The first kappa shape index (κ1) is 24.1. The first-order valence-electron chi connectivity index (χ1n) is 9.97. The van der Waals surface area contributed by atoms with Crippen molar-refractivity contribution in [2.45, 2.75) is 49.0 Å². The number of rotatable bonds is 1. The third-order valence-electron chi connectivity index (χ3n) is 5.55. The van der Waals surface area contributed by atoms with Crippen LogP contribution in [0.3, 0.4) is 0 Å². The van der Waals surface area contributed by atoms with Gasteiger partial charge in [0.15, 0.2) is 23.9 Å². The molecule has 0 radical (unpaired) electrons. The molecule has 3 saturated heterocycles. The van der Waals surface area contributed by atoms with E-state index in [0.717, 1.165) is 0 Å². The van der Waals surface area contributed by atoms with Gasteiger partial charge in [-0.2, -0.15) is 0 Å². The Bertz CT molecular complexity index is 1080. The highest BCUT2D eigenvalue weighted by Crippen LogP contribution is 2.47. The zero-order chi connectivity index (χ0) is 24.0. The molecule has 3 fully saturated rings. The molecule has 5 N–H and O–H groups in total. The molecule has 2 aromatic rings. The van der Waals surface area contributed by atoms with E-state index in [9.17, 15) is 14.9 Å². The minimum absolute atomic E-state index is 0.110. The SMILES string of the molecule is C#C[C@@H]1O[C@@H]2COP(O)O[C@H]3[C@@H](F)[C@H](n4cnc5c(N)ncnc54)O[C@@H]3COP(O)O[C@@H]1[C@@H]2O. The van der Waals surface area contributed by atoms with Crippen molar-refractivity contribution in [3.05, 3.63) is 12.7 Å². The number of alkyl halides is 1. The van der Waals surface area contributed by atoms with Gasteiger partial charge in [-0.05, 0) is 0 Å². The number of hydrogen-bond acceptors (Lipinski definition) is 13. The summed E-state index contributed by atoms with van der Waals surface area (Å²) in [5.74, 6) is 2.42. The maximum atomic E-state index is 15.5. The first-order valence-corrected chi connectivity index (χ1v) is 12.2. The summed E-state index contributed by atoms with van der Waals surface area (Å²) < 4.78 is 49.5. The molecule has 2 bridgehead atoms. The molecular formula is C17H20FN5O9P2. The molecule has 0 spiro atoms. The van der Waals surface area contributed by atoms with E-state index < -0.39 is 66.2 Å². The predicted octanol–water partition coefficient (Wildman–Crippen LogP) is -0.339. The summed E-state index contributed by atoms with van der Waals surface area (Å²) in [6.45, 7) is -0.711. The molecule has 3 aliphatic rings. The summed E-state index contributed by atoms with van der Waals surface area (Å²) >= 11 is 0. The number of terminal acetylenes is 1. The highest BCUT2D eigenvalue weighted by Gasteiger charge is 2.51. The number of halogens is 1. The van der Waals surface area contributed by atoms with Gasteiger partial charge in [-0.15, -0.1) is 6.42 Å². The van der Waals surface area contributed by atoms with Crippen LogP contribution in [-0.4, -0.2) is 90.4 Å². The monoisotopic (exact) mass is 519 g/mol. The van der Waals surface area contributed by atoms with Gasteiger partial charge in [0.05, 0.1) is 19.5 Å². The van der Waals surface area contributed by atoms with Crippen LogP contribution >= 0.6 is 17.2 Å². The van der Waals surface area contributed by atoms with Crippen LogP contribution < -0.4 is 5.73 Å². The van der Waals surface area contributed by atoms with Crippen LogP contribution in [0.5, 0.6) is 0 Å². The number of fused-ring (bicyclic) bond motifs is 4. The second-order valence-corrected chi connectivity index (χ2v) is 9.44. The van der Waals surface area contributed by atoms with Gasteiger partial charge in [-0.25, -0.2) is 19.3 Å². The third-order valence-corrected chi connectivity index (χ3v) is 7.14. The fraction of sp³-hybridized carbons (Fsp3) is 0.588. The number of hydrogen-bond donors (Lipinski definition) is 4. The van der Waals surface area contributed by atoms with Crippen molar-refractivity contribution in [1.29, 1.82) is 0 Å². The lowest BCUT2D eigenvalue weighted by atomic mass is 10.1. The molecule has 184 valence electrons. The zero-order valence-electron chi connectivity index (χ0n) is 17.2. The Morgan fingerprint density at radius 2 is 1.79 bits per heavy atom. The normalized spacial score (nSPS) is 41.3. The van der Waals surface area contributed by atoms with Crippen molar-refractivity contribution < 1.29 is 46.9 Å². The molecule has 17 heteroatoms. The van der Waals surface area contributed by atoms with E-state index in [0.29, 0.717) is 0 Å². The van der Waals surface area contributed by atoms with Crippen LogP contribution in [0.1, 0.15) is 6.23 Å². The fourth-order valence-corrected chi connectivity index (χ4v) is 5.48. The van der Waals surface area contributed by atoms with Gasteiger partial charge in [0.25, 0.3) is 0 Å². The second kappa shape index (κ2) is 9.77. The maximum Gasteiger partial charge on any atom is 0.330 e. The average molecular weight is 519 g/mol. The number of ether oxygens (including phenoxy) is 2. The van der Waals surface area contributed by atoms with Crippen molar-refractivity contribution in [3.8, 4) is 12.3 Å². The second-order valence-electron chi connectivity index (χ2n) is 7.55. The summed E-state index contributed by atoms with van der Waals surface area (Å²) in [7, 11) is -5.18. The van der Waals surface area contributed by atoms with Gasteiger partial charge < -0.3 is 48.2 Å². The largest absolute Gasteiger partial charge is 0.387 e. The molecule has 10 atom stereocenters. The first-order chi connectivity index (χ1) is 16.4. The van der Waals surface area contributed by atoms with E-state index in [-0.39, 0.29) is 30.2 Å². The van der Waals surface area contributed by atoms with E-state index in [4.69, 9.17) is 39.7 Å². The van der Waals surface area contributed by atoms with Crippen molar-refractivity contribution in [2.24, 2.45) is 0 Å². The number of aliphatic hydroxyl groups is 1. The quantitative estimate of drug-likeness (QED) is 0.284. The highest BCUT2D eigenvalue weighted by atomic mass is 31.2. The molecule has 14 nitrogen and oxygen atoms in total. The molecule has 2 aromatic heterocycles. The maximum absolute atomic E-state index is 15.5. The summed E-state index contributed by atoms with van der Waals surface area (Å²) in [5, 5.41) is 10.4. The lowest BCUT2D eigenvalue weighted by Gasteiger charge is -2.23. The molecular weight excluding hydrogens is 499 g/mol. The summed E-state index contributed by atoms with van der Waals surface area (Å²) in [6.07, 6.45) is -2.00. The minimum atomic E-state index is -2.62. The molecule has 0 aromatic carbocycles. The summed E-state index contributed by atoms with van der Waals surface area (Å²) in [6, 6.07) is 0. The van der Waals surface area contributed by atoms with Crippen LogP contribution in [0.25, 0.3) is 11.2 Å². The van der Waals surface area contributed by atoms with E-state index in [1.54, 1.807) is 0 Å². The van der Waals surface area contributed by atoms with Gasteiger partial charge >= 0.3 is 17.2 Å². The number of nitrogens with zero attached hydrogens (tertiary/aromatic N) is 4. The van der Waals surface area contributed by atoms with Gasteiger partial charge in [-0.3, -0.25) is 4.57 Å². The molecule has 0 aliphatic carbocycles. The number of aliphatic hydroxyl groups excluding tert-OH is 1. The Morgan fingerprint density at radius 1 is 1.09 bits per heavy atom. The Labute approximate surface area is 194 Å². The number of aromatic nitrogens is 4. The van der Waals surface area contributed by atoms with Crippen molar-refractivity contribution >= 4 is 34.2 Å². The highest BCUT2D eigenvalue weighted by molar-refractivity contribution is 7.40.